The minimum Gasteiger partial charge on any atom is -0.478 e. The van der Waals surface area contributed by atoms with Gasteiger partial charge in [0.15, 0.2) is 0 Å². The molecular formula is C21H22N4O2. The number of carbonyl (C=O) groups is 1. The number of pyridine rings is 1. The summed E-state index contributed by atoms with van der Waals surface area (Å²) in [5.74, 6) is -0.486. The van der Waals surface area contributed by atoms with E-state index in [-0.39, 0.29) is 5.56 Å². The van der Waals surface area contributed by atoms with E-state index in [4.69, 9.17) is 0 Å². The lowest BCUT2D eigenvalue weighted by molar-refractivity contribution is 0.0696. The van der Waals surface area contributed by atoms with Crippen LogP contribution in [0, 0.1) is 0 Å². The first-order valence-electron chi connectivity index (χ1n) is 9.20. The molecule has 1 aliphatic heterocycles. The first-order chi connectivity index (χ1) is 13.2. The summed E-state index contributed by atoms with van der Waals surface area (Å²) >= 11 is 0. The Morgan fingerprint density at radius 1 is 1.19 bits per heavy atom. The monoisotopic (exact) mass is 362 g/mol. The zero-order chi connectivity index (χ0) is 18.6. The van der Waals surface area contributed by atoms with Crippen molar-refractivity contribution in [2.45, 2.75) is 25.3 Å². The number of likely N-dealkylation sites (tertiary alicyclic amines) is 1. The lowest BCUT2D eigenvalue weighted by Crippen LogP contribution is -2.34. The molecule has 1 aromatic carbocycles. The van der Waals surface area contributed by atoms with Crippen LogP contribution in [0.25, 0.3) is 5.69 Å². The zero-order valence-corrected chi connectivity index (χ0v) is 15.0. The van der Waals surface area contributed by atoms with Crippen LogP contribution >= 0.6 is 0 Å². The zero-order valence-electron chi connectivity index (χ0n) is 15.0. The number of benzene rings is 1. The van der Waals surface area contributed by atoms with Gasteiger partial charge in [-0.25, -0.2) is 9.48 Å². The van der Waals surface area contributed by atoms with Gasteiger partial charge in [-0.05, 0) is 43.7 Å². The summed E-state index contributed by atoms with van der Waals surface area (Å²) in [7, 11) is 0. The molecule has 0 amide bonds. The van der Waals surface area contributed by atoms with Gasteiger partial charge < -0.3 is 5.11 Å². The van der Waals surface area contributed by atoms with Crippen molar-refractivity contribution in [3.8, 4) is 5.69 Å². The van der Waals surface area contributed by atoms with E-state index in [1.807, 2.05) is 36.8 Å². The fourth-order valence-electron chi connectivity index (χ4n) is 3.74. The third kappa shape index (κ3) is 3.90. The number of hydrogen-bond acceptors (Lipinski definition) is 4. The summed E-state index contributed by atoms with van der Waals surface area (Å²) in [5.41, 5.74) is 3.08. The molecule has 0 bridgehead atoms. The number of piperidine rings is 1. The van der Waals surface area contributed by atoms with Gasteiger partial charge in [0.05, 0.1) is 17.4 Å². The second-order valence-corrected chi connectivity index (χ2v) is 6.94. The predicted octanol–water partition coefficient (Wildman–Crippen LogP) is 3.35. The highest BCUT2D eigenvalue weighted by atomic mass is 16.4. The summed E-state index contributed by atoms with van der Waals surface area (Å²) in [4.78, 5) is 18.4. The van der Waals surface area contributed by atoms with Gasteiger partial charge in [0, 0.05) is 42.7 Å². The van der Waals surface area contributed by atoms with E-state index in [2.05, 4.69) is 21.0 Å². The molecule has 0 spiro atoms. The highest BCUT2D eigenvalue weighted by Crippen LogP contribution is 2.26. The first kappa shape index (κ1) is 17.4. The first-order valence-corrected chi connectivity index (χ1v) is 9.20. The molecule has 27 heavy (non-hydrogen) atoms. The molecule has 1 N–H and O–H groups in total. The van der Waals surface area contributed by atoms with Crippen LogP contribution in [0.15, 0.2) is 61.1 Å². The van der Waals surface area contributed by atoms with Gasteiger partial charge in [0.2, 0.25) is 0 Å². The van der Waals surface area contributed by atoms with Crippen LogP contribution in [0.2, 0.25) is 0 Å². The average Bonchev–Trinajstić information content (AvgIpc) is 3.17. The van der Waals surface area contributed by atoms with E-state index in [1.54, 1.807) is 22.9 Å². The van der Waals surface area contributed by atoms with Crippen molar-refractivity contribution in [1.82, 2.24) is 19.7 Å². The fraction of sp³-hybridized carbons (Fsp3) is 0.286. The summed E-state index contributed by atoms with van der Waals surface area (Å²) in [6, 6.07) is 13.0. The second-order valence-electron chi connectivity index (χ2n) is 6.94. The Hall–Kier alpha value is -2.99. The molecule has 1 aliphatic rings. The molecular weight excluding hydrogens is 340 g/mol. The van der Waals surface area contributed by atoms with Gasteiger partial charge in [-0.3, -0.25) is 9.88 Å². The summed E-state index contributed by atoms with van der Waals surface area (Å²) in [6.45, 7) is 2.84. The Morgan fingerprint density at radius 3 is 2.85 bits per heavy atom. The Kier molecular flexibility index (Phi) is 4.98. The fourth-order valence-corrected chi connectivity index (χ4v) is 3.74. The van der Waals surface area contributed by atoms with Gasteiger partial charge in [-0.2, -0.15) is 5.10 Å². The molecule has 1 saturated heterocycles. The second kappa shape index (κ2) is 7.72. The maximum atomic E-state index is 11.4. The normalized spacial score (nSPS) is 17.7. The quantitative estimate of drug-likeness (QED) is 0.754. The minimum absolute atomic E-state index is 0.250. The van der Waals surface area contributed by atoms with Crippen LogP contribution in [0.4, 0.5) is 0 Å². The van der Waals surface area contributed by atoms with E-state index in [0.717, 1.165) is 37.3 Å². The molecule has 1 unspecified atom stereocenters. The number of rotatable bonds is 5. The van der Waals surface area contributed by atoms with E-state index in [1.165, 1.54) is 6.42 Å². The molecule has 1 fully saturated rings. The number of aromatic nitrogens is 3. The van der Waals surface area contributed by atoms with Crippen LogP contribution in [0.3, 0.4) is 0 Å². The van der Waals surface area contributed by atoms with Crippen molar-refractivity contribution < 1.29 is 9.90 Å². The number of para-hydroxylation sites is 1. The maximum Gasteiger partial charge on any atom is 0.337 e. The highest BCUT2D eigenvalue weighted by molar-refractivity contribution is 5.91. The van der Waals surface area contributed by atoms with Crippen LogP contribution < -0.4 is 0 Å². The number of carboxylic acid groups (broad SMARTS) is 1. The lowest BCUT2D eigenvalue weighted by atomic mass is 9.94. The predicted molar refractivity (Wildman–Crippen MR) is 102 cm³/mol. The molecule has 138 valence electrons. The van der Waals surface area contributed by atoms with Gasteiger partial charge in [0.25, 0.3) is 0 Å². The molecule has 3 heterocycles. The molecule has 6 heteroatoms. The molecule has 3 aromatic rings. The molecule has 4 rings (SSSR count). The summed E-state index contributed by atoms with van der Waals surface area (Å²) < 4.78 is 1.65. The third-order valence-electron chi connectivity index (χ3n) is 5.04. The molecule has 0 radical (unpaired) electrons. The van der Waals surface area contributed by atoms with Crippen molar-refractivity contribution in [3.63, 3.8) is 0 Å². The Labute approximate surface area is 158 Å². The van der Waals surface area contributed by atoms with Gasteiger partial charge in [-0.15, -0.1) is 0 Å². The summed E-state index contributed by atoms with van der Waals surface area (Å²) in [5, 5.41) is 13.8. The van der Waals surface area contributed by atoms with Gasteiger partial charge >= 0.3 is 5.97 Å². The van der Waals surface area contributed by atoms with E-state index in [9.17, 15) is 9.90 Å². The Morgan fingerprint density at radius 2 is 2.04 bits per heavy atom. The largest absolute Gasteiger partial charge is 0.478 e. The SMILES string of the molecule is O=C(O)c1ccccc1-n1cc(CN2CCCC(c3ccccn3)C2)cn1. The number of carboxylic acids is 1. The molecule has 6 nitrogen and oxygen atoms in total. The van der Waals surface area contributed by atoms with Gasteiger partial charge in [-0.1, -0.05) is 18.2 Å². The van der Waals surface area contributed by atoms with Crippen LogP contribution in [-0.4, -0.2) is 43.8 Å². The van der Waals surface area contributed by atoms with E-state index >= 15 is 0 Å². The van der Waals surface area contributed by atoms with E-state index < -0.39 is 5.97 Å². The average molecular weight is 362 g/mol. The Balaban J connectivity index is 1.48. The Bertz CT molecular complexity index is 923. The minimum atomic E-state index is -0.947. The van der Waals surface area contributed by atoms with Gasteiger partial charge in [0.1, 0.15) is 0 Å². The molecule has 0 saturated carbocycles. The van der Waals surface area contributed by atoms with Crippen LogP contribution in [0.1, 0.15) is 40.4 Å². The topological polar surface area (TPSA) is 71.2 Å². The number of hydrogen-bond donors (Lipinski definition) is 1. The lowest BCUT2D eigenvalue weighted by Gasteiger charge is -2.32. The van der Waals surface area contributed by atoms with Crippen molar-refractivity contribution in [3.05, 3.63) is 77.9 Å². The molecule has 2 aromatic heterocycles. The number of nitrogens with zero attached hydrogens (tertiary/aromatic N) is 4. The molecule has 1 atom stereocenters. The van der Waals surface area contributed by atoms with Crippen molar-refractivity contribution >= 4 is 5.97 Å². The van der Waals surface area contributed by atoms with E-state index in [0.29, 0.717) is 11.6 Å². The third-order valence-corrected chi connectivity index (χ3v) is 5.04. The summed E-state index contributed by atoms with van der Waals surface area (Å²) in [6.07, 6.45) is 7.92. The molecule has 0 aliphatic carbocycles. The van der Waals surface area contributed by atoms with Crippen LogP contribution in [0.5, 0.6) is 0 Å². The highest BCUT2D eigenvalue weighted by Gasteiger charge is 2.22. The van der Waals surface area contributed by atoms with Crippen molar-refractivity contribution in [2.24, 2.45) is 0 Å². The van der Waals surface area contributed by atoms with Crippen molar-refractivity contribution in [1.29, 1.82) is 0 Å². The maximum absolute atomic E-state index is 11.4. The standard InChI is InChI=1S/C21H22N4O2/c26-21(27)18-7-1-2-9-20(18)25-14-16(12-23-25)13-24-11-5-6-17(15-24)19-8-3-4-10-22-19/h1-4,7-10,12,14,17H,5-6,11,13,15H2,(H,26,27). The van der Waals surface area contributed by atoms with Crippen LogP contribution in [-0.2, 0) is 6.54 Å². The van der Waals surface area contributed by atoms with Crippen molar-refractivity contribution in [2.75, 3.05) is 13.1 Å². The number of aromatic carboxylic acids is 1. The smallest absolute Gasteiger partial charge is 0.337 e.